The zero-order valence-electron chi connectivity index (χ0n) is 11.9. The molecular weight excluding hydrogens is 254 g/mol. The number of aryl methyl sites for hydroxylation is 1. The molecule has 2 rings (SSSR count). The summed E-state index contributed by atoms with van der Waals surface area (Å²) < 4.78 is 4.92. The number of nitrogens with one attached hydrogen (secondary N) is 1. The topological polar surface area (TPSA) is 59.2 Å². The Kier molecular flexibility index (Phi) is 4.56. The highest BCUT2D eigenvalue weighted by Crippen LogP contribution is 2.14. The second kappa shape index (κ2) is 6.37. The van der Waals surface area contributed by atoms with Crippen LogP contribution in [-0.2, 0) is 11.2 Å². The second-order valence-electron chi connectivity index (χ2n) is 4.75. The molecule has 0 amide bonds. The van der Waals surface area contributed by atoms with Crippen molar-refractivity contribution in [2.75, 3.05) is 6.61 Å². The average Bonchev–Trinajstić information content (AvgIpc) is 2.45. The van der Waals surface area contributed by atoms with Gasteiger partial charge in [0.05, 0.1) is 12.1 Å². The number of fused-ring (bicyclic) bond motifs is 1. The van der Waals surface area contributed by atoms with Crippen LogP contribution < -0.4 is 5.43 Å². The summed E-state index contributed by atoms with van der Waals surface area (Å²) in [4.78, 5) is 26.7. The van der Waals surface area contributed by atoms with Crippen LogP contribution in [0.2, 0.25) is 0 Å². The minimum absolute atomic E-state index is 0.163. The van der Waals surface area contributed by atoms with E-state index in [-0.39, 0.29) is 17.7 Å². The predicted molar refractivity (Wildman–Crippen MR) is 79.1 cm³/mol. The first kappa shape index (κ1) is 14.3. The van der Waals surface area contributed by atoms with Crippen LogP contribution in [0.25, 0.3) is 10.9 Å². The van der Waals surface area contributed by atoms with Gasteiger partial charge in [0.25, 0.3) is 0 Å². The fourth-order valence-corrected chi connectivity index (χ4v) is 2.15. The summed E-state index contributed by atoms with van der Waals surface area (Å²) in [6, 6.07) is 7.02. The minimum Gasteiger partial charge on any atom is -0.461 e. The van der Waals surface area contributed by atoms with Crippen molar-refractivity contribution in [3.63, 3.8) is 0 Å². The fraction of sp³-hybridized carbons (Fsp3) is 0.375. The summed E-state index contributed by atoms with van der Waals surface area (Å²) in [7, 11) is 0. The van der Waals surface area contributed by atoms with Gasteiger partial charge in [-0.1, -0.05) is 19.4 Å². The quantitative estimate of drug-likeness (QED) is 0.852. The molecule has 0 radical (unpaired) electrons. The first-order valence-corrected chi connectivity index (χ1v) is 6.98. The van der Waals surface area contributed by atoms with E-state index in [1.165, 1.54) is 6.07 Å². The molecule has 1 heterocycles. The van der Waals surface area contributed by atoms with Gasteiger partial charge in [0.2, 0.25) is 0 Å². The highest BCUT2D eigenvalue weighted by Gasteiger charge is 2.10. The lowest BCUT2D eigenvalue weighted by molar-refractivity contribution is 0.0520. The van der Waals surface area contributed by atoms with E-state index in [4.69, 9.17) is 4.74 Å². The van der Waals surface area contributed by atoms with Gasteiger partial charge in [-0.25, -0.2) is 4.79 Å². The number of aromatic nitrogens is 1. The van der Waals surface area contributed by atoms with Crippen LogP contribution >= 0.6 is 0 Å². The maximum absolute atomic E-state index is 12.0. The van der Waals surface area contributed by atoms with E-state index >= 15 is 0 Å². The first-order chi connectivity index (χ1) is 9.65. The number of pyridine rings is 1. The van der Waals surface area contributed by atoms with Gasteiger partial charge in [-0.2, -0.15) is 0 Å². The number of esters is 1. The monoisotopic (exact) mass is 273 g/mol. The van der Waals surface area contributed by atoms with Crippen LogP contribution in [0.3, 0.4) is 0 Å². The number of carbonyl (C=O) groups excluding carboxylic acids is 1. The van der Waals surface area contributed by atoms with Crippen LogP contribution in [0, 0.1) is 0 Å². The van der Waals surface area contributed by atoms with Crippen molar-refractivity contribution in [3.05, 3.63) is 45.7 Å². The molecule has 1 aromatic carbocycles. The van der Waals surface area contributed by atoms with Gasteiger partial charge in [0, 0.05) is 11.5 Å². The van der Waals surface area contributed by atoms with E-state index in [0.29, 0.717) is 10.9 Å². The number of hydrogen-bond donors (Lipinski definition) is 1. The molecule has 4 nitrogen and oxygen atoms in total. The Hall–Kier alpha value is -2.10. The van der Waals surface area contributed by atoms with Gasteiger partial charge in [0.15, 0.2) is 5.43 Å². The van der Waals surface area contributed by atoms with Crippen LogP contribution in [0.4, 0.5) is 0 Å². The average molecular weight is 273 g/mol. The molecule has 106 valence electrons. The molecule has 0 unspecified atom stereocenters. The van der Waals surface area contributed by atoms with Crippen molar-refractivity contribution in [1.82, 2.24) is 4.98 Å². The summed E-state index contributed by atoms with van der Waals surface area (Å²) in [5.74, 6) is -0.495. The Morgan fingerprint density at radius 3 is 2.75 bits per heavy atom. The number of ether oxygens (including phenoxy) is 1. The number of hydrogen-bond acceptors (Lipinski definition) is 3. The van der Waals surface area contributed by atoms with Gasteiger partial charge in [-0.15, -0.1) is 0 Å². The van der Waals surface area contributed by atoms with E-state index in [1.54, 1.807) is 6.92 Å². The van der Waals surface area contributed by atoms with E-state index in [9.17, 15) is 9.59 Å². The molecule has 0 aliphatic carbocycles. The molecule has 20 heavy (non-hydrogen) atoms. The van der Waals surface area contributed by atoms with Gasteiger partial charge in [0.1, 0.15) is 5.69 Å². The van der Waals surface area contributed by atoms with Crippen molar-refractivity contribution >= 4 is 16.9 Å². The smallest absolute Gasteiger partial charge is 0.354 e. The lowest BCUT2D eigenvalue weighted by Crippen LogP contribution is -2.12. The van der Waals surface area contributed by atoms with Gasteiger partial charge >= 0.3 is 5.97 Å². The number of benzene rings is 1. The molecule has 0 fully saturated rings. The van der Waals surface area contributed by atoms with Crippen LogP contribution in [-0.4, -0.2) is 17.6 Å². The standard InChI is InChI=1S/C16H19NO3/c1-3-5-6-11-7-8-12-13(9-11)17-14(10-15(12)18)16(19)20-4-2/h7-10H,3-6H2,1-2H3,(H,17,18). The number of H-pyrrole nitrogens is 1. The first-order valence-electron chi connectivity index (χ1n) is 6.98. The van der Waals surface area contributed by atoms with Crippen molar-refractivity contribution in [2.24, 2.45) is 0 Å². The number of carbonyl (C=O) groups is 1. The van der Waals surface area contributed by atoms with Gasteiger partial charge < -0.3 is 9.72 Å². The molecule has 0 aliphatic heterocycles. The molecule has 4 heteroatoms. The Bertz CT molecular complexity index is 673. The SMILES string of the molecule is CCCCc1ccc2c(=O)cc(C(=O)OCC)[nH]c2c1. The van der Waals surface area contributed by atoms with E-state index in [0.717, 1.165) is 24.8 Å². The third-order valence-corrected chi connectivity index (χ3v) is 3.21. The largest absolute Gasteiger partial charge is 0.461 e. The van der Waals surface area contributed by atoms with E-state index in [1.807, 2.05) is 18.2 Å². The summed E-state index contributed by atoms with van der Waals surface area (Å²) in [5, 5.41) is 0.596. The van der Waals surface area contributed by atoms with Crippen LogP contribution in [0.5, 0.6) is 0 Å². The zero-order chi connectivity index (χ0) is 14.5. The van der Waals surface area contributed by atoms with E-state index < -0.39 is 5.97 Å². The number of rotatable bonds is 5. The molecule has 1 N–H and O–H groups in total. The molecule has 0 atom stereocenters. The molecule has 0 bridgehead atoms. The zero-order valence-corrected chi connectivity index (χ0v) is 11.9. The summed E-state index contributed by atoms with van der Waals surface area (Å²) in [6.45, 7) is 4.16. The highest BCUT2D eigenvalue weighted by atomic mass is 16.5. The summed E-state index contributed by atoms with van der Waals surface area (Å²) in [5.41, 5.74) is 1.89. The second-order valence-corrected chi connectivity index (χ2v) is 4.75. The Labute approximate surface area is 117 Å². The number of unbranched alkanes of at least 4 members (excludes halogenated alkanes) is 1. The van der Waals surface area contributed by atoms with Crippen LogP contribution in [0.1, 0.15) is 42.7 Å². The fourth-order valence-electron chi connectivity index (χ4n) is 2.15. The summed E-state index contributed by atoms with van der Waals surface area (Å²) >= 11 is 0. The molecular formula is C16H19NO3. The molecule has 0 saturated heterocycles. The molecule has 0 aliphatic rings. The van der Waals surface area contributed by atoms with Crippen LogP contribution in [0.15, 0.2) is 29.1 Å². The number of aromatic amines is 1. The molecule has 0 spiro atoms. The third kappa shape index (κ3) is 3.07. The lowest BCUT2D eigenvalue weighted by atomic mass is 10.1. The third-order valence-electron chi connectivity index (χ3n) is 3.21. The maximum Gasteiger partial charge on any atom is 0.354 e. The highest BCUT2D eigenvalue weighted by molar-refractivity contribution is 5.91. The van der Waals surface area contributed by atoms with E-state index in [2.05, 4.69) is 11.9 Å². The Balaban J connectivity index is 2.44. The van der Waals surface area contributed by atoms with Gasteiger partial charge in [-0.3, -0.25) is 4.79 Å². The maximum atomic E-state index is 12.0. The normalized spacial score (nSPS) is 10.7. The van der Waals surface area contributed by atoms with Crippen molar-refractivity contribution in [3.8, 4) is 0 Å². The summed E-state index contributed by atoms with van der Waals surface area (Å²) in [6.07, 6.45) is 3.20. The van der Waals surface area contributed by atoms with Gasteiger partial charge in [-0.05, 0) is 37.5 Å². The lowest BCUT2D eigenvalue weighted by Gasteiger charge is -2.06. The van der Waals surface area contributed by atoms with Crippen molar-refractivity contribution < 1.29 is 9.53 Å². The molecule has 0 saturated carbocycles. The van der Waals surface area contributed by atoms with Crippen molar-refractivity contribution in [2.45, 2.75) is 33.1 Å². The predicted octanol–water partition coefficient (Wildman–Crippen LogP) is 3.05. The van der Waals surface area contributed by atoms with Crippen molar-refractivity contribution in [1.29, 1.82) is 0 Å². The Morgan fingerprint density at radius 1 is 1.25 bits per heavy atom. The molecule has 1 aromatic heterocycles. The molecule has 2 aromatic rings. The Morgan fingerprint density at radius 2 is 2.05 bits per heavy atom. The minimum atomic E-state index is -0.495.